The number of amides is 1. The molecule has 2 rings (SSSR count). The van der Waals surface area contributed by atoms with Gasteiger partial charge in [-0.2, -0.15) is 0 Å². The van der Waals surface area contributed by atoms with Crippen LogP contribution in [-0.2, 0) is 11.3 Å². The van der Waals surface area contributed by atoms with Gasteiger partial charge in [-0.15, -0.1) is 13.2 Å². The van der Waals surface area contributed by atoms with Crippen molar-refractivity contribution in [3.8, 4) is 5.75 Å². The van der Waals surface area contributed by atoms with E-state index in [-0.39, 0.29) is 18.2 Å². The smallest absolute Gasteiger partial charge is 0.405 e. The molecular weight excluding hydrogens is 375 g/mol. The van der Waals surface area contributed by atoms with Gasteiger partial charge in [0.1, 0.15) is 5.75 Å². The van der Waals surface area contributed by atoms with Crippen LogP contribution in [0.15, 0.2) is 29.3 Å². The number of rotatable bonds is 6. The average molecular weight is 401 g/mol. The average Bonchev–Trinajstić information content (AvgIpc) is 2.64. The molecule has 28 heavy (non-hydrogen) atoms. The Morgan fingerprint density at radius 2 is 1.86 bits per heavy atom. The monoisotopic (exact) mass is 401 g/mol. The summed E-state index contributed by atoms with van der Waals surface area (Å²) in [5.74, 6) is 0.350. The fourth-order valence-corrected chi connectivity index (χ4v) is 2.89. The zero-order chi connectivity index (χ0) is 20.6. The number of halogens is 3. The Morgan fingerprint density at radius 3 is 2.46 bits per heavy atom. The topological polar surface area (TPSA) is 69.2 Å². The molecule has 156 valence electrons. The zero-order valence-electron chi connectivity index (χ0n) is 16.1. The summed E-state index contributed by atoms with van der Waals surface area (Å²) in [6, 6.07) is 5.98. The van der Waals surface area contributed by atoms with Crippen molar-refractivity contribution >= 4 is 11.9 Å². The van der Waals surface area contributed by atoms with Gasteiger partial charge in [0.05, 0.1) is 0 Å². The molecule has 1 aromatic carbocycles. The lowest BCUT2D eigenvalue weighted by molar-refractivity contribution is -0.274. The van der Waals surface area contributed by atoms with Gasteiger partial charge in [0.2, 0.25) is 5.91 Å². The Morgan fingerprint density at radius 1 is 1.18 bits per heavy atom. The highest BCUT2D eigenvalue weighted by atomic mass is 19.4. The SMILES string of the molecule is CN=C(NCCN1CCN(C(C)=O)CC1)NCc1ccccc1OC(F)(F)F. The number of nitrogens with one attached hydrogen (secondary N) is 2. The van der Waals surface area contributed by atoms with Crippen molar-refractivity contribution in [2.24, 2.45) is 4.99 Å². The standard InChI is InChI=1S/C18H26F3N5O2/c1-14(27)26-11-9-25(10-12-26)8-7-23-17(22-2)24-13-15-5-3-4-6-16(15)28-18(19,20)21/h3-6H,7-13H2,1-2H3,(H2,22,23,24). The van der Waals surface area contributed by atoms with E-state index in [1.54, 1.807) is 26.1 Å². The fourth-order valence-electron chi connectivity index (χ4n) is 2.89. The summed E-state index contributed by atoms with van der Waals surface area (Å²) in [4.78, 5) is 19.5. The lowest BCUT2D eigenvalue weighted by atomic mass is 10.2. The number of hydrogen-bond acceptors (Lipinski definition) is 4. The largest absolute Gasteiger partial charge is 0.573 e. The van der Waals surface area contributed by atoms with Crippen LogP contribution in [0.4, 0.5) is 13.2 Å². The van der Waals surface area contributed by atoms with E-state index in [4.69, 9.17) is 0 Å². The van der Waals surface area contributed by atoms with Gasteiger partial charge in [0, 0.05) is 65.3 Å². The fraction of sp³-hybridized carbons (Fsp3) is 0.556. The molecule has 0 unspecified atom stereocenters. The minimum absolute atomic E-state index is 0.0946. The van der Waals surface area contributed by atoms with Crippen molar-refractivity contribution < 1.29 is 22.7 Å². The normalized spacial score (nSPS) is 16.0. The first-order chi connectivity index (χ1) is 13.3. The van der Waals surface area contributed by atoms with Crippen molar-refractivity contribution in [1.82, 2.24) is 20.4 Å². The van der Waals surface area contributed by atoms with Crippen molar-refractivity contribution in [2.75, 3.05) is 46.3 Å². The number of carbonyl (C=O) groups is 1. The Kier molecular flexibility index (Phi) is 7.91. The van der Waals surface area contributed by atoms with Gasteiger partial charge >= 0.3 is 6.36 Å². The molecule has 0 aromatic heterocycles. The van der Waals surface area contributed by atoms with Crippen LogP contribution < -0.4 is 15.4 Å². The predicted octanol–water partition coefficient (Wildman–Crippen LogP) is 1.41. The Balaban J connectivity index is 1.76. The molecular formula is C18H26F3N5O2. The van der Waals surface area contributed by atoms with Crippen LogP contribution >= 0.6 is 0 Å². The van der Waals surface area contributed by atoms with Crippen LogP contribution in [0.1, 0.15) is 12.5 Å². The number of guanidine groups is 1. The first kappa shape index (κ1) is 21.8. The van der Waals surface area contributed by atoms with Gasteiger partial charge < -0.3 is 20.3 Å². The first-order valence-corrected chi connectivity index (χ1v) is 9.04. The Labute approximate surface area is 162 Å². The number of para-hydroxylation sites is 1. The van der Waals surface area contributed by atoms with E-state index < -0.39 is 6.36 Å². The molecule has 1 saturated heterocycles. The van der Waals surface area contributed by atoms with E-state index in [1.807, 2.05) is 4.90 Å². The molecule has 0 radical (unpaired) electrons. The molecule has 1 aromatic rings. The van der Waals surface area contributed by atoms with Crippen molar-refractivity contribution in [3.63, 3.8) is 0 Å². The van der Waals surface area contributed by atoms with E-state index in [1.165, 1.54) is 12.1 Å². The second-order valence-corrected chi connectivity index (χ2v) is 6.36. The molecule has 1 aliphatic heterocycles. The molecule has 7 nitrogen and oxygen atoms in total. The lowest BCUT2D eigenvalue weighted by Gasteiger charge is -2.34. The third-order valence-corrected chi connectivity index (χ3v) is 4.41. The summed E-state index contributed by atoms with van der Waals surface area (Å²) in [6.07, 6.45) is -4.73. The lowest BCUT2D eigenvalue weighted by Crippen LogP contribution is -2.50. The van der Waals surface area contributed by atoms with Crippen LogP contribution in [0, 0.1) is 0 Å². The third kappa shape index (κ3) is 7.26. The van der Waals surface area contributed by atoms with E-state index in [0.29, 0.717) is 18.1 Å². The zero-order valence-corrected chi connectivity index (χ0v) is 16.1. The third-order valence-electron chi connectivity index (χ3n) is 4.41. The minimum Gasteiger partial charge on any atom is -0.405 e. The van der Waals surface area contributed by atoms with Crippen LogP contribution in [0.3, 0.4) is 0 Å². The molecule has 10 heteroatoms. The number of ether oxygens (including phenoxy) is 1. The van der Waals surface area contributed by atoms with E-state index >= 15 is 0 Å². The van der Waals surface area contributed by atoms with E-state index in [2.05, 4.69) is 25.3 Å². The molecule has 1 amide bonds. The number of aliphatic imine (C=N–C) groups is 1. The number of hydrogen-bond donors (Lipinski definition) is 2. The van der Waals surface area contributed by atoms with Gasteiger partial charge in [-0.1, -0.05) is 18.2 Å². The maximum absolute atomic E-state index is 12.5. The van der Waals surface area contributed by atoms with Crippen LogP contribution in [0.25, 0.3) is 0 Å². The van der Waals surface area contributed by atoms with Gasteiger partial charge in [-0.05, 0) is 6.07 Å². The maximum Gasteiger partial charge on any atom is 0.573 e. The van der Waals surface area contributed by atoms with Crippen molar-refractivity contribution in [3.05, 3.63) is 29.8 Å². The maximum atomic E-state index is 12.5. The van der Waals surface area contributed by atoms with Gasteiger partial charge in [0.25, 0.3) is 0 Å². The molecule has 0 atom stereocenters. The van der Waals surface area contributed by atoms with Crippen LogP contribution in [-0.4, -0.2) is 74.3 Å². The molecule has 1 fully saturated rings. The van der Waals surface area contributed by atoms with Crippen molar-refractivity contribution in [1.29, 1.82) is 0 Å². The first-order valence-electron chi connectivity index (χ1n) is 9.04. The van der Waals surface area contributed by atoms with Crippen molar-refractivity contribution in [2.45, 2.75) is 19.8 Å². The molecule has 0 saturated carbocycles. The summed E-state index contributed by atoms with van der Waals surface area (Å²) in [5.41, 5.74) is 0.378. The minimum atomic E-state index is -4.73. The number of nitrogens with zero attached hydrogens (tertiary/aromatic N) is 3. The summed E-state index contributed by atoms with van der Waals surface area (Å²) in [7, 11) is 1.60. The molecule has 2 N–H and O–H groups in total. The quantitative estimate of drug-likeness (QED) is 0.557. The summed E-state index contributed by atoms with van der Waals surface area (Å²) < 4.78 is 41.5. The second kappa shape index (κ2) is 10.2. The number of benzene rings is 1. The Hall–Kier alpha value is -2.49. The van der Waals surface area contributed by atoms with Gasteiger partial charge in [-0.3, -0.25) is 14.7 Å². The molecule has 0 spiro atoms. The number of alkyl halides is 3. The highest BCUT2D eigenvalue weighted by molar-refractivity contribution is 5.79. The summed E-state index contributed by atoms with van der Waals surface area (Å²) in [5, 5.41) is 6.13. The summed E-state index contributed by atoms with van der Waals surface area (Å²) in [6.45, 7) is 6.19. The highest BCUT2D eigenvalue weighted by Gasteiger charge is 2.31. The summed E-state index contributed by atoms with van der Waals surface area (Å²) >= 11 is 0. The second-order valence-electron chi connectivity index (χ2n) is 6.36. The Bertz CT molecular complexity index is 673. The van der Waals surface area contributed by atoms with Crippen LogP contribution in [0.5, 0.6) is 5.75 Å². The van der Waals surface area contributed by atoms with E-state index in [0.717, 1.165) is 32.7 Å². The van der Waals surface area contributed by atoms with Gasteiger partial charge in [0.15, 0.2) is 5.96 Å². The molecule has 0 aliphatic carbocycles. The number of piperazine rings is 1. The predicted molar refractivity (Wildman–Crippen MR) is 100 cm³/mol. The molecule has 1 aliphatic rings. The molecule has 1 heterocycles. The van der Waals surface area contributed by atoms with Crippen LogP contribution in [0.2, 0.25) is 0 Å². The molecule has 0 bridgehead atoms. The number of carbonyl (C=O) groups excluding carboxylic acids is 1. The highest BCUT2D eigenvalue weighted by Crippen LogP contribution is 2.25. The van der Waals surface area contributed by atoms with Gasteiger partial charge in [-0.25, -0.2) is 0 Å². The van der Waals surface area contributed by atoms with E-state index in [9.17, 15) is 18.0 Å².